The van der Waals surface area contributed by atoms with Crippen molar-refractivity contribution in [2.24, 2.45) is 0 Å². The molecule has 0 spiro atoms. The van der Waals surface area contributed by atoms with Crippen LogP contribution >= 0.6 is 11.8 Å². The number of rotatable bonds is 4. The maximum absolute atomic E-state index is 13.0. The van der Waals surface area contributed by atoms with Gasteiger partial charge in [-0.2, -0.15) is 16.9 Å². The molecule has 1 amide bonds. The molecule has 134 valence electrons. The van der Waals surface area contributed by atoms with E-state index >= 15 is 0 Å². The summed E-state index contributed by atoms with van der Waals surface area (Å²) in [6, 6.07) is 0.367. The lowest BCUT2D eigenvalue weighted by atomic mass is 10.1. The Balaban J connectivity index is 1.72. The molecule has 0 saturated carbocycles. The lowest BCUT2D eigenvalue weighted by Gasteiger charge is -2.24. The van der Waals surface area contributed by atoms with Gasteiger partial charge in [-0.25, -0.2) is 0 Å². The minimum absolute atomic E-state index is 0.113. The predicted octanol–water partition coefficient (Wildman–Crippen LogP) is 3.29. The van der Waals surface area contributed by atoms with Gasteiger partial charge in [0.25, 0.3) is 5.91 Å². The highest BCUT2D eigenvalue weighted by molar-refractivity contribution is 7.99. The number of hydrogen-bond donors (Lipinski definition) is 0. The lowest BCUT2D eigenvalue weighted by Crippen LogP contribution is -2.36. The van der Waals surface area contributed by atoms with Gasteiger partial charge in [0.05, 0.1) is 6.04 Å². The second kappa shape index (κ2) is 8.39. The van der Waals surface area contributed by atoms with Gasteiger partial charge in [-0.15, -0.1) is 0 Å². The fourth-order valence-corrected chi connectivity index (χ4v) is 4.73. The summed E-state index contributed by atoms with van der Waals surface area (Å²) in [5.74, 6) is 1.23. The molecule has 5 nitrogen and oxygen atoms in total. The summed E-state index contributed by atoms with van der Waals surface area (Å²) >= 11 is 1.98. The molecule has 1 aromatic rings. The van der Waals surface area contributed by atoms with E-state index in [2.05, 4.69) is 12.0 Å². The van der Waals surface area contributed by atoms with Crippen LogP contribution in [0.5, 0.6) is 0 Å². The average molecular weight is 352 g/mol. The van der Waals surface area contributed by atoms with Crippen LogP contribution in [0.2, 0.25) is 0 Å². The standard InChI is InChI=1S/C18H29N3O2S/c1-3-24-16-6-4-5-9-20(13-16)18(22)17-14(2)12-21(19-17)15-7-10-23-11-8-15/h12,15-16H,3-11,13H2,1-2H3. The molecule has 3 rings (SSSR count). The number of carbonyl (C=O) groups is 1. The van der Waals surface area contributed by atoms with Crippen molar-refractivity contribution in [3.05, 3.63) is 17.5 Å². The molecule has 2 aliphatic rings. The third-order valence-electron chi connectivity index (χ3n) is 5.00. The first-order chi connectivity index (χ1) is 11.7. The minimum Gasteiger partial charge on any atom is -0.381 e. The summed E-state index contributed by atoms with van der Waals surface area (Å²) in [5.41, 5.74) is 1.64. The van der Waals surface area contributed by atoms with Crippen LogP contribution in [0.25, 0.3) is 0 Å². The smallest absolute Gasteiger partial charge is 0.274 e. The third kappa shape index (κ3) is 4.14. The highest BCUT2D eigenvalue weighted by Gasteiger charge is 2.27. The summed E-state index contributed by atoms with van der Waals surface area (Å²) in [6.45, 7) is 7.50. The quantitative estimate of drug-likeness (QED) is 0.835. The zero-order valence-electron chi connectivity index (χ0n) is 14.9. The molecule has 3 heterocycles. The van der Waals surface area contributed by atoms with Crippen LogP contribution in [0.3, 0.4) is 0 Å². The molecule has 0 N–H and O–H groups in total. The number of nitrogens with zero attached hydrogens (tertiary/aromatic N) is 3. The Morgan fingerprint density at radius 2 is 2.12 bits per heavy atom. The van der Waals surface area contributed by atoms with Crippen molar-refractivity contribution in [1.82, 2.24) is 14.7 Å². The molecule has 0 radical (unpaired) electrons. The lowest BCUT2D eigenvalue weighted by molar-refractivity contribution is 0.0655. The van der Waals surface area contributed by atoms with Crippen LogP contribution in [0.15, 0.2) is 6.20 Å². The zero-order valence-corrected chi connectivity index (χ0v) is 15.7. The molecule has 6 heteroatoms. The average Bonchev–Trinajstić information content (AvgIpc) is 2.83. The Morgan fingerprint density at radius 3 is 2.88 bits per heavy atom. The second-order valence-electron chi connectivity index (χ2n) is 6.81. The highest BCUT2D eigenvalue weighted by atomic mass is 32.2. The van der Waals surface area contributed by atoms with Crippen molar-refractivity contribution in [2.45, 2.75) is 57.2 Å². The summed E-state index contributed by atoms with van der Waals surface area (Å²) in [4.78, 5) is 15.1. The van der Waals surface area contributed by atoms with Gasteiger partial charge < -0.3 is 9.64 Å². The SMILES string of the molecule is CCSC1CCCCN(C(=O)c2nn(C3CCOCC3)cc2C)C1. The largest absolute Gasteiger partial charge is 0.381 e. The molecule has 1 aromatic heterocycles. The molecule has 0 aliphatic carbocycles. The number of thioether (sulfide) groups is 1. The van der Waals surface area contributed by atoms with E-state index in [1.54, 1.807) is 0 Å². The first-order valence-electron chi connectivity index (χ1n) is 9.23. The van der Waals surface area contributed by atoms with Crippen molar-refractivity contribution in [1.29, 1.82) is 0 Å². The van der Waals surface area contributed by atoms with E-state index in [1.807, 2.05) is 34.5 Å². The Bertz CT molecular complexity index is 554. The van der Waals surface area contributed by atoms with Crippen molar-refractivity contribution >= 4 is 17.7 Å². The third-order valence-corrected chi connectivity index (χ3v) is 6.19. The Hall–Kier alpha value is -1.01. The van der Waals surface area contributed by atoms with Crippen LogP contribution in [0, 0.1) is 6.92 Å². The molecule has 24 heavy (non-hydrogen) atoms. The van der Waals surface area contributed by atoms with Gasteiger partial charge in [-0.1, -0.05) is 13.3 Å². The number of amides is 1. The molecule has 2 fully saturated rings. The fourth-order valence-electron chi connectivity index (χ4n) is 3.64. The number of ether oxygens (including phenoxy) is 1. The summed E-state index contributed by atoms with van der Waals surface area (Å²) in [5, 5.41) is 5.24. The van der Waals surface area contributed by atoms with Crippen LogP contribution in [-0.4, -0.2) is 57.9 Å². The van der Waals surface area contributed by atoms with Gasteiger partial charge in [-0.05, 0) is 38.4 Å². The van der Waals surface area contributed by atoms with E-state index in [-0.39, 0.29) is 5.91 Å². The molecule has 0 aromatic carbocycles. The zero-order chi connectivity index (χ0) is 16.9. The molecule has 1 unspecified atom stereocenters. The van der Waals surface area contributed by atoms with Gasteiger partial charge in [0, 0.05) is 43.3 Å². The van der Waals surface area contributed by atoms with Crippen LogP contribution in [0.1, 0.15) is 61.1 Å². The fraction of sp³-hybridized carbons (Fsp3) is 0.778. The molecular weight excluding hydrogens is 322 g/mol. The van der Waals surface area contributed by atoms with Crippen molar-refractivity contribution < 1.29 is 9.53 Å². The van der Waals surface area contributed by atoms with E-state index < -0.39 is 0 Å². The summed E-state index contributed by atoms with van der Waals surface area (Å²) in [7, 11) is 0. The molecule has 2 saturated heterocycles. The normalized spacial score (nSPS) is 23.2. The van der Waals surface area contributed by atoms with Gasteiger partial charge in [0.1, 0.15) is 0 Å². The van der Waals surface area contributed by atoms with Gasteiger partial charge in [0.15, 0.2) is 5.69 Å². The first kappa shape index (κ1) is 17.8. The van der Waals surface area contributed by atoms with Crippen molar-refractivity contribution in [3.8, 4) is 0 Å². The van der Waals surface area contributed by atoms with E-state index in [1.165, 1.54) is 12.8 Å². The van der Waals surface area contributed by atoms with Gasteiger partial charge >= 0.3 is 0 Å². The van der Waals surface area contributed by atoms with Crippen LogP contribution in [0.4, 0.5) is 0 Å². The summed E-state index contributed by atoms with van der Waals surface area (Å²) < 4.78 is 7.43. The minimum atomic E-state index is 0.113. The Kier molecular flexibility index (Phi) is 6.22. The second-order valence-corrected chi connectivity index (χ2v) is 8.39. The molecule has 0 bridgehead atoms. The maximum atomic E-state index is 13.0. The van der Waals surface area contributed by atoms with Crippen molar-refractivity contribution in [3.63, 3.8) is 0 Å². The molecular formula is C18H29N3O2S. The molecule has 2 aliphatic heterocycles. The van der Waals surface area contributed by atoms with Crippen LogP contribution in [-0.2, 0) is 4.74 Å². The number of aryl methyl sites for hydroxylation is 1. The number of aromatic nitrogens is 2. The first-order valence-corrected chi connectivity index (χ1v) is 10.3. The summed E-state index contributed by atoms with van der Waals surface area (Å²) in [6.07, 6.45) is 7.54. The van der Waals surface area contributed by atoms with E-state index in [0.29, 0.717) is 17.0 Å². The Labute approximate surface area is 149 Å². The molecule has 1 atom stereocenters. The van der Waals surface area contributed by atoms with E-state index in [9.17, 15) is 4.79 Å². The maximum Gasteiger partial charge on any atom is 0.274 e. The monoisotopic (exact) mass is 351 g/mol. The van der Waals surface area contributed by atoms with E-state index in [0.717, 1.165) is 56.9 Å². The topological polar surface area (TPSA) is 47.4 Å². The van der Waals surface area contributed by atoms with E-state index in [4.69, 9.17) is 4.74 Å². The van der Waals surface area contributed by atoms with Crippen LogP contribution < -0.4 is 0 Å². The number of hydrogen-bond acceptors (Lipinski definition) is 4. The van der Waals surface area contributed by atoms with Gasteiger partial charge in [-0.3, -0.25) is 9.48 Å². The number of likely N-dealkylation sites (tertiary alicyclic amines) is 1. The van der Waals surface area contributed by atoms with Gasteiger partial charge in [0.2, 0.25) is 0 Å². The predicted molar refractivity (Wildman–Crippen MR) is 97.7 cm³/mol. The highest BCUT2D eigenvalue weighted by Crippen LogP contribution is 2.25. The number of carbonyl (C=O) groups excluding carboxylic acids is 1. The van der Waals surface area contributed by atoms with Crippen molar-refractivity contribution in [2.75, 3.05) is 32.1 Å². The Morgan fingerprint density at radius 1 is 1.33 bits per heavy atom.